The van der Waals surface area contributed by atoms with Crippen LogP contribution in [0.4, 0.5) is 13.2 Å². The zero-order chi connectivity index (χ0) is 18.4. The molecular formula is C16H12F3NO4S. The Bertz CT molecular complexity index is 755. The highest BCUT2D eigenvalue weighted by Gasteiger charge is 2.30. The lowest BCUT2D eigenvalue weighted by atomic mass is 10.1. The first kappa shape index (κ1) is 18.7. The molecule has 0 fully saturated rings. The molecule has 132 valence electrons. The Labute approximate surface area is 144 Å². The number of alkyl halides is 3. The third kappa shape index (κ3) is 5.42. The minimum Gasteiger partial charge on any atom is -0.456 e. The van der Waals surface area contributed by atoms with Gasteiger partial charge in [-0.05, 0) is 35.7 Å². The van der Waals surface area contributed by atoms with Crippen LogP contribution in [0, 0.1) is 0 Å². The van der Waals surface area contributed by atoms with Crippen LogP contribution in [0.2, 0.25) is 0 Å². The zero-order valence-corrected chi connectivity index (χ0v) is 13.4. The number of amides is 1. The number of rotatable bonds is 6. The number of carbonyl (C=O) groups is 3. The second-order valence-electron chi connectivity index (χ2n) is 4.82. The van der Waals surface area contributed by atoms with E-state index in [0.717, 1.165) is 24.3 Å². The SMILES string of the molecule is O=C(CNC(=O)c1ccc(C(F)(F)F)cc1)OCC(=O)c1cccs1. The first-order chi connectivity index (χ1) is 11.8. The van der Waals surface area contributed by atoms with Gasteiger partial charge in [0.2, 0.25) is 5.78 Å². The van der Waals surface area contributed by atoms with Crippen LogP contribution in [0.5, 0.6) is 0 Å². The van der Waals surface area contributed by atoms with E-state index >= 15 is 0 Å². The van der Waals surface area contributed by atoms with E-state index in [1.165, 1.54) is 11.3 Å². The Morgan fingerprint density at radius 3 is 2.32 bits per heavy atom. The van der Waals surface area contributed by atoms with Crippen LogP contribution < -0.4 is 5.32 Å². The van der Waals surface area contributed by atoms with Crippen molar-refractivity contribution < 1.29 is 32.3 Å². The molecular weight excluding hydrogens is 359 g/mol. The summed E-state index contributed by atoms with van der Waals surface area (Å²) in [6, 6.07) is 6.82. The number of thiophene rings is 1. The smallest absolute Gasteiger partial charge is 0.416 e. The van der Waals surface area contributed by atoms with Gasteiger partial charge < -0.3 is 10.1 Å². The van der Waals surface area contributed by atoms with Gasteiger partial charge in [0.1, 0.15) is 6.54 Å². The normalized spacial score (nSPS) is 11.0. The van der Waals surface area contributed by atoms with Crippen molar-refractivity contribution in [3.05, 3.63) is 57.8 Å². The van der Waals surface area contributed by atoms with Gasteiger partial charge in [0, 0.05) is 5.56 Å². The number of carbonyl (C=O) groups excluding carboxylic acids is 3. The molecule has 9 heteroatoms. The number of benzene rings is 1. The van der Waals surface area contributed by atoms with Crippen molar-refractivity contribution in [2.24, 2.45) is 0 Å². The molecule has 1 N–H and O–H groups in total. The third-order valence-electron chi connectivity index (χ3n) is 3.03. The molecule has 0 spiro atoms. The molecule has 5 nitrogen and oxygen atoms in total. The van der Waals surface area contributed by atoms with E-state index in [1.807, 2.05) is 0 Å². The van der Waals surface area contributed by atoms with Crippen LogP contribution >= 0.6 is 11.3 Å². The van der Waals surface area contributed by atoms with Gasteiger partial charge in [-0.3, -0.25) is 14.4 Å². The summed E-state index contributed by atoms with van der Waals surface area (Å²) in [5, 5.41) is 3.92. The van der Waals surface area contributed by atoms with Gasteiger partial charge in [0.25, 0.3) is 5.91 Å². The highest BCUT2D eigenvalue weighted by Crippen LogP contribution is 2.29. The van der Waals surface area contributed by atoms with Gasteiger partial charge in [0.15, 0.2) is 6.61 Å². The van der Waals surface area contributed by atoms with Crippen molar-refractivity contribution in [3.8, 4) is 0 Å². The van der Waals surface area contributed by atoms with Crippen molar-refractivity contribution in [2.75, 3.05) is 13.2 Å². The maximum atomic E-state index is 12.4. The Kier molecular flexibility index (Phi) is 5.92. The summed E-state index contributed by atoms with van der Waals surface area (Å²) in [7, 11) is 0. The van der Waals surface area contributed by atoms with E-state index in [9.17, 15) is 27.6 Å². The van der Waals surface area contributed by atoms with Crippen molar-refractivity contribution >= 4 is 29.0 Å². The fourth-order valence-corrected chi connectivity index (χ4v) is 2.42. The predicted octanol–water partition coefficient (Wildman–Crippen LogP) is 2.92. The van der Waals surface area contributed by atoms with Gasteiger partial charge in [-0.25, -0.2) is 0 Å². The fraction of sp³-hybridized carbons (Fsp3) is 0.188. The number of ether oxygens (including phenoxy) is 1. The lowest BCUT2D eigenvalue weighted by Crippen LogP contribution is -2.31. The molecule has 0 aliphatic rings. The molecule has 1 aromatic carbocycles. The molecule has 0 unspecified atom stereocenters. The molecule has 2 aromatic rings. The lowest BCUT2D eigenvalue weighted by molar-refractivity contribution is -0.141. The summed E-state index contributed by atoms with van der Waals surface area (Å²) >= 11 is 1.21. The fourth-order valence-electron chi connectivity index (χ4n) is 1.77. The van der Waals surface area contributed by atoms with E-state index in [0.29, 0.717) is 4.88 Å². The molecule has 1 aromatic heterocycles. The Morgan fingerprint density at radius 1 is 1.08 bits per heavy atom. The van der Waals surface area contributed by atoms with E-state index in [-0.39, 0.29) is 11.3 Å². The highest BCUT2D eigenvalue weighted by molar-refractivity contribution is 7.12. The molecule has 0 saturated carbocycles. The number of ketones is 1. The maximum absolute atomic E-state index is 12.4. The molecule has 0 atom stereocenters. The number of Topliss-reactive ketones (excluding diaryl/α,β-unsaturated/α-hetero) is 1. The topological polar surface area (TPSA) is 72.5 Å². The maximum Gasteiger partial charge on any atom is 0.416 e. The summed E-state index contributed by atoms with van der Waals surface area (Å²) in [6.07, 6.45) is -4.49. The average Bonchev–Trinajstić information content (AvgIpc) is 3.11. The largest absolute Gasteiger partial charge is 0.456 e. The quantitative estimate of drug-likeness (QED) is 0.626. The lowest BCUT2D eigenvalue weighted by Gasteiger charge is -2.08. The molecule has 2 rings (SSSR count). The Hall–Kier alpha value is -2.68. The zero-order valence-electron chi connectivity index (χ0n) is 12.6. The summed E-state index contributed by atoms with van der Waals surface area (Å²) in [6.45, 7) is -0.951. The number of hydrogen-bond acceptors (Lipinski definition) is 5. The molecule has 0 bridgehead atoms. The molecule has 0 radical (unpaired) electrons. The van der Waals surface area contributed by atoms with E-state index in [1.54, 1.807) is 17.5 Å². The van der Waals surface area contributed by atoms with Crippen molar-refractivity contribution in [2.45, 2.75) is 6.18 Å². The highest BCUT2D eigenvalue weighted by atomic mass is 32.1. The van der Waals surface area contributed by atoms with Crippen LogP contribution in [-0.2, 0) is 15.7 Å². The van der Waals surface area contributed by atoms with Gasteiger partial charge in [-0.15, -0.1) is 11.3 Å². The van der Waals surface area contributed by atoms with Crippen molar-refractivity contribution in [1.82, 2.24) is 5.32 Å². The van der Waals surface area contributed by atoms with Gasteiger partial charge in [0.05, 0.1) is 10.4 Å². The van der Waals surface area contributed by atoms with Gasteiger partial charge in [-0.1, -0.05) is 6.07 Å². The Balaban J connectivity index is 1.79. The number of hydrogen-bond donors (Lipinski definition) is 1. The summed E-state index contributed by atoms with van der Waals surface area (Å²) in [4.78, 5) is 35.4. The second-order valence-corrected chi connectivity index (χ2v) is 5.77. The van der Waals surface area contributed by atoms with E-state index < -0.39 is 36.8 Å². The number of nitrogens with one attached hydrogen (secondary N) is 1. The molecule has 0 aliphatic heterocycles. The Morgan fingerprint density at radius 2 is 1.76 bits per heavy atom. The van der Waals surface area contributed by atoms with Crippen LogP contribution in [0.25, 0.3) is 0 Å². The monoisotopic (exact) mass is 371 g/mol. The summed E-state index contributed by atoms with van der Waals surface area (Å²) < 4.78 is 42.0. The van der Waals surface area contributed by atoms with Crippen LogP contribution in [0.3, 0.4) is 0 Å². The molecule has 1 amide bonds. The van der Waals surface area contributed by atoms with Crippen LogP contribution in [-0.4, -0.2) is 30.8 Å². The van der Waals surface area contributed by atoms with Crippen LogP contribution in [0.15, 0.2) is 41.8 Å². The molecule has 0 saturated heterocycles. The molecule has 1 heterocycles. The standard InChI is InChI=1S/C16H12F3NO4S/c17-16(18,19)11-5-3-10(4-6-11)15(23)20-8-14(22)24-9-12(21)13-2-1-7-25-13/h1-7H,8-9H2,(H,20,23). The summed E-state index contributed by atoms with van der Waals surface area (Å²) in [5.74, 6) is -1.92. The molecule has 0 aliphatic carbocycles. The third-order valence-corrected chi connectivity index (χ3v) is 3.94. The number of esters is 1. The van der Waals surface area contributed by atoms with Crippen molar-refractivity contribution in [1.29, 1.82) is 0 Å². The van der Waals surface area contributed by atoms with Crippen LogP contribution in [0.1, 0.15) is 25.6 Å². The van der Waals surface area contributed by atoms with Crippen molar-refractivity contribution in [3.63, 3.8) is 0 Å². The molecule has 25 heavy (non-hydrogen) atoms. The number of halogens is 3. The van der Waals surface area contributed by atoms with E-state index in [2.05, 4.69) is 5.32 Å². The second kappa shape index (κ2) is 7.93. The first-order valence-electron chi connectivity index (χ1n) is 6.95. The van der Waals surface area contributed by atoms with Gasteiger partial charge >= 0.3 is 12.1 Å². The predicted molar refractivity (Wildman–Crippen MR) is 83.4 cm³/mol. The van der Waals surface area contributed by atoms with E-state index in [4.69, 9.17) is 4.74 Å². The average molecular weight is 371 g/mol. The van der Waals surface area contributed by atoms with Gasteiger partial charge in [-0.2, -0.15) is 13.2 Å². The minimum absolute atomic E-state index is 0.0320. The first-order valence-corrected chi connectivity index (χ1v) is 7.83. The summed E-state index contributed by atoms with van der Waals surface area (Å²) in [5.41, 5.74) is -0.911. The minimum atomic E-state index is -4.49.